The molecular formula is C28H35F3N4O2. The van der Waals surface area contributed by atoms with Gasteiger partial charge in [0.1, 0.15) is 11.6 Å². The van der Waals surface area contributed by atoms with Crippen molar-refractivity contribution in [2.75, 3.05) is 24.6 Å². The summed E-state index contributed by atoms with van der Waals surface area (Å²) in [4.78, 5) is 23.3. The van der Waals surface area contributed by atoms with Crippen LogP contribution in [0.15, 0.2) is 30.6 Å². The molecule has 5 rings (SSSR count). The molecule has 9 heteroatoms. The number of amides is 1. The number of hydrogen-bond donors (Lipinski definition) is 1. The molecule has 6 nitrogen and oxygen atoms in total. The first-order valence-electron chi connectivity index (χ1n) is 13.4. The second-order valence-corrected chi connectivity index (χ2v) is 11.0. The van der Waals surface area contributed by atoms with E-state index in [2.05, 4.69) is 20.2 Å². The van der Waals surface area contributed by atoms with E-state index in [1.54, 1.807) is 12.1 Å². The predicted molar refractivity (Wildman–Crippen MR) is 134 cm³/mol. The lowest BCUT2D eigenvalue weighted by Crippen LogP contribution is -2.35. The van der Waals surface area contributed by atoms with E-state index in [1.807, 2.05) is 19.3 Å². The van der Waals surface area contributed by atoms with Gasteiger partial charge in [0.15, 0.2) is 0 Å². The van der Waals surface area contributed by atoms with Gasteiger partial charge in [-0.15, -0.1) is 0 Å². The van der Waals surface area contributed by atoms with Crippen molar-refractivity contribution in [3.8, 4) is 5.75 Å². The Morgan fingerprint density at radius 1 is 1.19 bits per heavy atom. The lowest BCUT2D eigenvalue weighted by molar-refractivity contribution is -0.121. The number of hydrogen-bond acceptors (Lipinski definition) is 5. The average Bonchev–Trinajstić information content (AvgIpc) is 3.56. The lowest BCUT2D eigenvalue weighted by Gasteiger charge is -2.32. The standard InChI is InChI=1S/C28H35F3N4O2/c1-18-16-32-27(33-17-18)35-9-5-19(6-10-35)24-12-20(24)7-11-37-23-3-2-21(25(29)14-23)13-26(36)34-22-4-8-28(30,31)15-22/h2-3,14,16-17,19-20,22,24H,4-13,15H2,1H3,(H,34,36)/t20-,22?,24-/m1/s1. The topological polar surface area (TPSA) is 67.4 Å². The highest BCUT2D eigenvalue weighted by Crippen LogP contribution is 2.49. The Hall–Kier alpha value is -2.84. The Balaban J connectivity index is 1.00. The van der Waals surface area contributed by atoms with Gasteiger partial charge >= 0.3 is 0 Å². The highest BCUT2D eigenvalue weighted by atomic mass is 19.3. The summed E-state index contributed by atoms with van der Waals surface area (Å²) in [6.45, 7) is 4.51. The molecule has 0 radical (unpaired) electrons. The zero-order valence-electron chi connectivity index (χ0n) is 21.3. The summed E-state index contributed by atoms with van der Waals surface area (Å²) >= 11 is 0. The highest BCUT2D eigenvalue weighted by molar-refractivity contribution is 5.79. The molecule has 3 fully saturated rings. The number of piperidine rings is 1. The Labute approximate surface area is 216 Å². The maximum atomic E-state index is 14.5. The Morgan fingerprint density at radius 3 is 2.62 bits per heavy atom. The van der Waals surface area contributed by atoms with E-state index in [4.69, 9.17) is 4.74 Å². The molecular weight excluding hydrogens is 481 g/mol. The zero-order valence-corrected chi connectivity index (χ0v) is 21.3. The summed E-state index contributed by atoms with van der Waals surface area (Å²) < 4.78 is 46.9. The van der Waals surface area contributed by atoms with E-state index in [1.165, 1.54) is 12.5 Å². The van der Waals surface area contributed by atoms with Crippen molar-refractivity contribution in [3.05, 3.63) is 47.5 Å². The maximum absolute atomic E-state index is 14.5. The number of nitrogens with zero attached hydrogens (tertiary/aromatic N) is 3. The van der Waals surface area contributed by atoms with Gasteiger partial charge < -0.3 is 15.0 Å². The van der Waals surface area contributed by atoms with Gasteiger partial charge in [-0.25, -0.2) is 23.1 Å². The number of halogens is 3. The summed E-state index contributed by atoms with van der Waals surface area (Å²) in [7, 11) is 0. The number of ether oxygens (including phenoxy) is 1. The third-order valence-corrected chi connectivity index (χ3v) is 8.07. The molecule has 200 valence electrons. The van der Waals surface area contributed by atoms with Gasteiger partial charge in [-0.3, -0.25) is 4.79 Å². The number of aryl methyl sites for hydroxylation is 1. The molecule has 1 unspecified atom stereocenters. The lowest BCUT2D eigenvalue weighted by atomic mass is 9.90. The fraction of sp³-hybridized carbons (Fsp3) is 0.607. The molecule has 0 spiro atoms. The van der Waals surface area contributed by atoms with Crippen LogP contribution in [0.3, 0.4) is 0 Å². The van der Waals surface area contributed by atoms with Crippen LogP contribution in [0.5, 0.6) is 5.75 Å². The summed E-state index contributed by atoms with van der Waals surface area (Å²) in [5.74, 6) is -0.291. The molecule has 3 aliphatic rings. The molecule has 2 aromatic rings. The molecule has 1 saturated heterocycles. The van der Waals surface area contributed by atoms with Crippen LogP contribution in [0.25, 0.3) is 0 Å². The van der Waals surface area contributed by atoms with E-state index < -0.39 is 23.7 Å². The molecule has 0 bridgehead atoms. The first kappa shape index (κ1) is 25.8. The van der Waals surface area contributed by atoms with Crippen molar-refractivity contribution in [3.63, 3.8) is 0 Å². The molecule has 1 N–H and O–H groups in total. The Bertz CT molecular complexity index is 1090. The van der Waals surface area contributed by atoms with Crippen molar-refractivity contribution in [1.29, 1.82) is 0 Å². The molecule has 1 aromatic carbocycles. The van der Waals surface area contributed by atoms with E-state index in [0.717, 1.165) is 55.7 Å². The minimum Gasteiger partial charge on any atom is -0.493 e. The van der Waals surface area contributed by atoms with Crippen LogP contribution in [0, 0.1) is 30.5 Å². The quantitative estimate of drug-likeness (QED) is 0.503. The maximum Gasteiger partial charge on any atom is 0.250 e. The molecule has 2 aliphatic carbocycles. The van der Waals surface area contributed by atoms with Gasteiger partial charge in [-0.05, 0) is 74.0 Å². The minimum atomic E-state index is -2.72. The van der Waals surface area contributed by atoms with Gasteiger partial charge in [-0.2, -0.15) is 0 Å². The third kappa shape index (κ3) is 6.73. The van der Waals surface area contributed by atoms with Crippen LogP contribution in [0.2, 0.25) is 0 Å². The van der Waals surface area contributed by atoms with E-state index in [0.29, 0.717) is 18.3 Å². The Morgan fingerprint density at radius 2 is 1.95 bits per heavy atom. The van der Waals surface area contributed by atoms with E-state index in [9.17, 15) is 18.0 Å². The number of anilines is 1. The number of carbonyl (C=O) groups excluding carboxylic acids is 1. The van der Waals surface area contributed by atoms with Crippen molar-refractivity contribution < 1.29 is 22.7 Å². The minimum absolute atomic E-state index is 0.174. The van der Waals surface area contributed by atoms with E-state index in [-0.39, 0.29) is 31.2 Å². The third-order valence-electron chi connectivity index (χ3n) is 8.07. The number of alkyl halides is 2. The molecule has 37 heavy (non-hydrogen) atoms. The second kappa shape index (κ2) is 10.9. The fourth-order valence-electron chi connectivity index (χ4n) is 5.87. The van der Waals surface area contributed by atoms with Crippen molar-refractivity contribution in [2.24, 2.45) is 17.8 Å². The normalized spacial score (nSPS) is 25.2. The van der Waals surface area contributed by atoms with Crippen LogP contribution < -0.4 is 15.0 Å². The zero-order chi connectivity index (χ0) is 26.0. The van der Waals surface area contributed by atoms with Crippen molar-refractivity contribution in [1.82, 2.24) is 15.3 Å². The number of rotatable bonds is 9. The molecule has 1 amide bonds. The fourth-order valence-corrected chi connectivity index (χ4v) is 5.87. The average molecular weight is 517 g/mol. The first-order chi connectivity index (χ1) is 17.8. The smallest absolute Gasteiger partial charge is 0.250 e. The van der Waals surface area contributed by atoms with Crippen LogP contribution in [0.4, 0.5) is 19.1 Å². The second-order valence-electron chi connectivity index (χ2n) is 11.0. The SMILES string of the molecule is Cc1cnc(N2CCC([C@H]3C[C@H]3CCOc3ccc(CC(=O)NC4CCC(F)(F)C4)c(F)c3)CC2)nc1. The Kier molecular flexibility index (Phi) is 7.58. The van der Waals surface area contributed by atoms with Gasteiger partial charge in [0, 0.05) is 50.4 Å². The summed E-state index contributed by atoms with van der Waals surface area (Å²) in [6, 6.07) is 3.97. The molecule has 1 aromatic heterocycles. The van der Waals surface area contributed by atoms with Gasteiger partial charge in [-0.1, -0.05) is 6.07 Å². The van der Waals surface area contributed by atoms with Crippen molar-refractivity contribution >= 4 is 11.9 Å². The van der Waals surface area contributed by atoms with E-state index >= 15 is 0 Å². The molecule has 1 aliphatic heterocycles. The van der Waals surface area contributed by atoms with Crippen molar-refractivity contribution in [2.45, 2.75) is 70.3 Å². The van der Waals surface area contributed by atoms with Crippen LogP contribution in [0.1, 0.15) is 56.1 Å². The number of carbonyl (C=O) groups is 1. The number of benzene rings is 1. The number of nitrogens with one attached hydrogen (secondary N) is 1. The largest absolute Gasteiger partial charge is 0.493 e. The van der Waals surface area contributed by atoms with Crippen LogP contribution in [-0.2, 0) is 11.2 Å². The molecule has 3 atom stereocenters. The van der Waals surface area contributed by atoms with Crippen LogP contribution >= 0.6 is 0 Å². The summed E-state index contributed by atoms with van der Waals surface area (Å²) in [5.41, 5.74) is 1.30. The van der Waals surface area contributed by atoms with Gasteiger partial charge in [0.25, 0.3) is 0 Å². The molecule has 2 heterocycles. The summed E-state index contributed by atoms with van der Waals surface area (Å²) in [5, 5.41) is 2.60. The number of aromatic nitrogens is 2. The summed E-state index contributed by atoms with van der Waals surface area (Å²) in [6.07, 6.45) is 7.72. The van der Waals surface area contributed by atoms with Gasteiger partial charge in [0.2, 0.25) is 17.8 Å². The predicted octanol–water partition coefficient (Wildman–Crippen LogP) is 5.09. The first-order valence-corrected chi connectivity index (χ1v) is 13.4. The van der Waals surface area contributed by atoms with Crippen LogP contribution in [-0.4, -0.2) is 47.5 Å². The monoisotopic (exact) mass is 516 g/mol. The van der Waals surface area contributed by atoms with Gasteiger partial charge in [0.05, 0.1) is 13.0 Å². The highest BCUT2D eigenvalue weighted by Gasteiger charge is 2.43. The molecule has 2 saturated carbocycles.